The molecule has 1 aromatic heterocycles. The van der Waals surface area contributed by atoms with Crippen LogP contribution >= 0.6 is 0 Å². The third-order valence-electron chi connectivity index (χ3n) is 3.00. The third-order valence-corrected chi connectivity index (χ3v) is 3.00. The molecule has 0 fully saturated rings. The van der Waals surface area contributed by atoms with Crippen LogP contribution in [0.25, 0.3) is 0 Å². The number of pyridine rings is 1. The minimum absolute atomic E-state index is 0.611. The zero-order valence-electron chi connectivity index (χ0n) is 12.6. The summed E-state index contributed by atoms with van der Waals surface area (Å²) in [5.74, 6) is 0. The second-order valence-electron chi connectivity index (χ2n) is 5.03. The van der Waals surface area contributed by atoms with Crippen LogP contribution in [0.2, 0.25) is 0 Å². The fourth-order valence-electron chi connectivity index (χ4n) is 1.93. The van der Waals surface area contributed by atoms with E-state index in [9.17, 15) is 0 Å². The van der Waals surface area contributed by atoms with E-state index in [2.05, 4.69) is 29.1 Å². The van der Waals surface area contributed by atoms with Gasteiger partial charge in [-0.15, -0.1) is 0 Å². The van der Waals surface area contributed by atoms with E-state index in [1.54, 1.807) is 12.4 Å². The minimum Gasteiger partial charge on any atom is -0.395 e. The van der Waals surface area contributed by atoms with E-state index in [0.29, 0.717) is 6.61 Å². The molecule has 0 amide bonds. The second kappa shape index (κ2) is 8.17. The fraction of sp³-hybridized carbons (Fsp3) is 0.294. The Morgan fingerprint density at radius 2 is 1.71 bits per heavy atom. The van der Waals surface area contributed by atoms with Gasteiger partial charge in [0.2, 0.25) is 0 Å². The van der Waals surface area contributed by atoms with Gasteiger partial charge in [0.15, 0.2) is 0 Å². The number of aromatic nitrogens is 1. The van der Waals surface area contributed by atoms with Gasteiger partial charge < -0.3 is 9.74 Å². The number of oxime groups is 1. The number of rotatable bonds is 7. The van der Waals surface area contributed by atoms with Crippen LogP contribution in [0.15, 0.2) is 60.0 Å². The first-order valence-electron chi connectivity index (χ1n) is 7.08. The Morgan fingerprint density at radius 1 is 1.05 bits per heavy atom. The van der Waals surface area contributed by atoms with Gasteiger partial charge in [-0.3, -0.25) is 4.98 Å². The van der Waals surface area contributed by atoms with Crippen LogP contribution in [-0.4, -0.2) is 42.8 Å². The lowest BCUT2D eigenvalue weighted by Crippen LogP contribution is -2.14. The summed E-state index contributed by atoms with van der Waals surface area (Å²) in [4.78, 5) is 11.7. The molecule has 0 N–H and O–H groups in total. The zero-order valence-corrected chi connectivity index (χ0v) is 12.6. The summed E-state index contributed by atoms with van der Waals surface area (Å²) in [7, 11) is 4.10. The van der Waals surface area contributed by atoms with Gasteiger partial charge in [-0.25, -0.2) is 0 Å². The average molecular weight is 283 g/mol. The van der Waals surface area contributed by atoms with E-state index in [1.165, 1.54) is 0 Å². The van der Waals surface area contributed by atoms with E-state index in [0.717, 1.165) is 29.8 Å². The van der Waals surface area contributed by atoms with Crippen LogP contribution in [0.1, 0.15) is 17.5 Å². The van der Waals surface area contributed by atoms with E-state index in [-0.39, 0.29) is 0 Å². The predicted octanol–water partition coefficient (Wildman–Crippen LogP) is 2.80. The molecule has 0 spiro atoms. The standard InChI is InChI=1S/C17H21N3O/c1-20(2)13-6-14-21-19-17(15-7-4-3-5-8-15)16-9-11-18-12-10-16/h3-5,7-12H,6,13-14H2,1-2H3/b19-17-. The zero-order chi connectivity index (χ0) is 14.9. The molecule has 0 radical (unpaired) electrons. The van der Waals surface area contributed by atoms with Gasteiger partial charge in [-0.1, -0.05) is 35.5 Å². The quantitative estimate of drug-likeness (QED) is 0.445. The Kier molecular flexibility index (Phi) is 5.91. The molecule has 0 saturated heterocycles. The van der Waals surface area contributed by atoms with Crippen molar-refractivity contribution in [3.05, 3.63) is 66.0 Å². The highest BCUT2D eigenvalue weighted by molar-refractivity contribution is 6.12. The van der Waals surface area contributed by atoms with Gasteiger partial charge in [-0.2, -0.15) is 0 Å². The average Bonchev–Trinajstić information content (AvgIpc) is 2.52. The molecule has 21 heavy (non-hydrogen) atoms. The lowest BCUT2D eigenvalue weighted by Gasteiger charge is -2.09. The van der Waals surface area contributed by atoms with Crippen molar-refractivity contribution in [2.45, 2.75) is 6.42 Å². The highest BCUT2D eigenvalue weighted by atomic mass is 16.6. The van der Waals surface area contributed by atoms with Crippen molar-refractivity contribution >= 4 is 5.71 Å². The largest absolute Gasteiger partial charge is 0.395 e. The van der Waals surface area contributed by atoms with Gasteiger partial charge >= 0.3 is 0 Å². The van der Waals surface area contributed by atoms with Crippen LogP contribution < -0.4 is 0 Å². The molecule has 4 nitrogen and oxygen atoms in total. The molecule has 0 saturated carbocycles. The Balaban J connectivity index is 2.10. The number of hydrogen-bond donors (Lipinski definition) is 0. The van der Waals surface area contributed by atoms with E-state index in [4.69, 9.17) is 4.84 Å². The first-order chi connectivity index (χ1) is 10.3. The molecule has 0 bridgehead atoms. The first-order valence-corrected chi connectivity index (χ1v) is 7.08. The maximum absolute atomic E-state index is 5.50. The topological polar surface area (TPSA) is 37.7 Å². The summed E-state index contributed by atoms with van der Waals surface area (Å²) in [5, 5.41) is 4.33. The molecule has 1 aromatic carbocycles. The maximum atomic E-state index is 5.50. The van der Waals surface area contributed by atoms with Crippen molar-refractivity contribution in [2.75, 3.05) is 27.2 Å². The molecule has 2 rings (SSSR count). The summed E-state index contributed by atoms with van der Waals surface area (Å²) in [6, 6.07) is 13.9. The molecule has 1 heterocycles. The predicted molar refractivity (Wildman–Crippen MR) is 85.4 cm³/mol. The van der Waals surface area contributed by atoms with Crippen LogP contribution in [0, 0.1) is 0 Å². The van der Waals surface area contributed by atoms with Crippen LogP contribution in [-0.2, 0) is 4.84 Å². The van der Waals surface area contributed by atoms with Crippen molar-refractivity contribution < 1.29 is 4.84 Å². The summed E-state index contributed by atoms with van der Waals surface area (Å²) >= 11 is 0. The molecule has 0 aliphatic heterocycles. The smallest absolute Gasteiger partial charge is 0.118 e. The van der Waals surface area contributed by atoms with Gasteiger partial charge in [0.25, 0.3) is 0 Å². The van der Waals surface area contributed by atoms with E-state index < -0.39 is 0 Å². The first kappa shape index (κ1) is 15.2. The minimum atomic E-state index is 0.611. The summed E-state index contributed by atoms with van der Waals surface area (Å²) < 4.78 is 0. The van der Waals surface area contributed by atoms with Crippen LogP contribution in [0.5, 0.6) is 0 Å². The summed E-state index contributed by atoms with van der Waals surface area (Å²) in [5.41, 5.74) is 2.88. The van der Waals surface area contributed by atoms with Crippen LogP contribution in [0.3, 0.4) is 0 Å². The van der Waals surface area contributed by atoms with Gasteiger partial charge in [0.05, 0.1) is 0 Å². The molecule has 2 aromatic rings. The highest BCUT2D eigenvalue weighted by Gasteiger charge is 2.07. The van der Waals surface area contributed by atoms with Gasteiger partial charge in [-0.05, 0) is 32.6 Å². The van der Waals surface area contributed by atoms with Crippen molar-refractivity contribution in [3.63, 3.8) is 0 Å². The Hall–Kier alpha value is -2.20. The lowest BCUT2D eigenvalue weighted by molar-refractivity contribution is 0.135. The molecule has 0 atom stereocenters. The SMILES string of the molecule is CN(C)CCCO/N=C(/c1ccccc1)c1ccncc1. The summed E-state index contributed by atoms with van der Waals surface area (Å²) in [6.45, 7) is 1.60. The molecule has 4 heteroatoms. The van der Waals surface area contributed by atoms with Crippen molar-refractivity contribution in [1.29, 1.82) is 0 Å². The lowest BCUT2D eigenvalue weighted by atomic mass is 10.0. The monoisotopic (exact) mass is 283 g/mol. The third kappa shape index (κ3) is 5.00. The molecule has 0 unspecified atom stereocenters. The molecule has 110 valence electrons. The maximum Gasteiger partial charge on any atom is 0.118 e. The molecule has 0 aliphatic rings. The Bertz CT molecular complexity index is 511. The van der Waals surface area contributed by atoms with Crippen molar-refractivity contribution in [2.24, 2.45) is 5.16 Å². The molecule has 0 aliphatic carbocycles. The number of benzene rings is 1. The molecular formula is C17H21N3O. The van der Waals surface area contributed by atoms with Crippen LogP contribution in [0.4, 0.5) is 0 Å². The van der Waals surface area contributed by atoms with Gasteiger partial charge in [0, 0.05) is 30.1 Å². The Labute approximate surface area is 126 Å². The Morgan fingerprint density at radius 3 is 2.38 bits per heavy atom. The molecular weight excluding hydrogens is 262 g/mol. The van der Waals surface area contributed by atoms with Crippen molar-refractivity contribution in [1.82, 2.24) is 9.88 Å². The number of hydrogen-bond acceptors (Lipinski definition) is 4. The van der Waals surface area contributed by atoms with E-state index in [1.807, 2.05) is 42.5 Å². The van der Waals surface area contributed by atoms with Gasteiger partial charge in [0.1, 0.15) is 12.3 Å². The highest BCUT2D eigenvalue weighted by Crippen LogP contribution is 2.10. The number of nitrogens with zero attached hydrogens (tertiary/aromatic N) is 3. The normalized spacial score (nSPS) is 11.7. The second-order valence-corrected chi connectivity index (χ2v) is 5.03. The summed E-state index contributed by atoms with van der Waals surface area (Å²) in [6.07, 6.45) is 4.48. The van der Waals surface area contributed by atoms with E-state index >= 15 is 0 Å². The fourth-order valence-corrected chi connectivity index (χ4v) is 1.93. The van der Waals surface area contributed by atoms with Crippen molar-refractivity contribution in [3.8, 4) is 0 Å².